The third-order valence-corrected chi connectivity index (χ3v) is 4.52. The molecule has 0 bridgehead atoms. The van der Waals surface area contributed by atoms with Gasteiger partial charge < -0.3 is 4.90 Å². The molecule has 2 heterocycles. The molecule has 1 fully saturated rings. The maximum atomic E-state index is 13.0. The van der Waals surface area contributed by atoms with E-state index in [4.69, 9.17) is 0 Å². The fourth-order valence-electron chi connectivity index (χ4n) is 2.95. The van der Waals surface area contributed by atoms with E-state index in [1.54, 1.807) is 12.4 Å². The third kappa shape index (κ3) is 4.02. The summed E-state index contributed by atoms with van der Waals surface area (Å²) in [5, 5.41) is 0. The van der Waals surface area contributed by atoms with Gasteiger partial charge in [-0.2, -0.15) is 0 Å². The topological polar surface area (TPSA) is 49.3 Å². The molecule has 0 aliphatic carbocycles. The van der Waals surface area contributed by atoms with Crippen molar-refractivity contribution in [1.29, 1.82) is 0 Å². The first-order chi connectivity index (χ1) is 11.8. The van der Waals surface area contributed by atoms with E-state index in [2.05, 4.69) is 40.5 Å². The monoisotopic (exact) mass is 342 g/mol. The Morgan fingerprint density at radius 3 is 2.04 bits per heavy atom. The number of hydrogen-bond donors (Lipinski definition) is 0. The number of carbonyl (C=O) groups is 1. The van der Waals surface area contributed by atoms with E-state index >= 15 is 0 Å². The second kappa shape index (κ2) is 6.88. The Kier molecular flexibility index (Phi) is 4.81. The lowest BCUT2D eigenvalue weighted by Crippen LogP contribution is -2.53. The molecule has 6 heteroatoms. The van der Waals surface area contributed by atoms with Gasteiger partial charge in [0.05, 0.1) is 5.56 Å². The number of benzene rings is 1. The minimum Gasteiger partial charge on any atom is -0.338 e. The van der Waals surface area contributed by atoms with E-state index in [1.165, 1.54) is 24.3 Å². The Morgan fingerprint density at radius 1 is 0.960 bits per heavy atom. The lowest BCUT2D eigenvalue weighted by atomic mass is 10.1. The second-order valence-corrected chi connectivity index (χ2v) is 7.25. The summed E-state index contributed by atoms with van der Waals surface area (Å²) in [5.74, 6) is 0.0749. The standard InChI is InChI=1S/C19H23FN4O/c1-19(2,3)24-10-8-23(9-11-24)18-21-12-15(13-22-18)17(25)14-4-6-16(20)7-5-14/h4-7,12-13H,8-11H2,1-3H3. The van der Waals surface area contributed by atoms with Crippen molar-refractivity contribution in [3.8, 4) is 0 Å². The number of rotatable bonds is 3. The Morgan fingerprint density at radius 2 is 1.52 bits per heavy atom. The zero-order chi connectivity index (χ0) is 18.0. The molecule has 0 atom stereocenters. The van der Waals surface area contributed by atoms with Gasteiger partial charge in [0.1, 0.15) is 5.82 Å². The number of hydrogen-bond acceptors (Lipinski definition) is 5. The van der Waals surface area contributed by atoms with Crippen LogP contribution in [0.4, 0.5) is 10.3 Å². The molecule has 1 saturated heterocycles. The van der Waals surface area contributed by atoms with Crippen LogP contribution in [0.15, 0.2) is 36.7 Å². The first kappa shape index (κ1) is 17.5. The van der Waals surface area contributed by atoms with Gasteiger partial charge in [-0.15, -0.1) is 0 Å². The number of piperazine rings is 1. The van der Waals surface area contributed by atoms with Gasteiger partial charge in [-0.3, -0.25) is 9.69 Å². The highest BCUT2D eigenvalue weighted by molar-refractivity contribution is 6.08. The molecule has 0 saturated carbocycles. The lowest BCUT2D eigenvalue weighted by Gasteiger charge is -2.42. The van der Waals surface area contributed by atoms with Crippen LogP contribution in [0.2, 0.25) is 0 Å². The largest absolute Gasteiger partial charge is 0.338 e. The molecule has 3 rings (SSSR count). The number of ketones is 1. The van der Waals surface area contributed by atoms with Crippen molar-refractivity contribution >= 4 is 11.7 Å². The number of halogens is 1. The van der Waals surface area contributed by atoms with Gasteiger partial charge in [0.2, 0.25) is 5.95 Å². The summed E-state index contributed by atoms with van der Waals surface area (Å²) in [5.41, 5.74) is 0.999. The van der Waals surface area contributed by atoms with Crippen LogP contribution in [0.5, 0.6) is 0 Å². The highest BCUT2D eigenvalue weighted by Crippen LogP contribution is 2.18. The van der Waals surface area contributed by atoms with Crippen LogP contribution in [0.25, 0.3) is 0 Å². The lowest BCUT2D eigenvalue weighted by molar-refractivity contribution is 0.103. The van der Waals surface area contributed by atoms with Gasteiger partial charge >= 0.3 is 0 Å². The van der Waals surface area contributed by atoms with Crippen LogP contribution in [0, 0.1) is 5.82 Å². The van der Waals surface area contributed by atoms with Crippen LogP contribution in [-0.2, 0) is 0 Å². The Bertz CT molecular complexity index is 730. The van der Waals surface area contributed by atoms with Crippen molar-refractivity contribution in [2.75, 3.05) is 31.1 Å². The molecule has 5 nitrogen and oxygen atoms in total. The van der Waals surface area contributed by atoms with E-state index < -0.39 is 0 Å². The van der Waals surface area contributed by atoms with Crippen LogP contribution >= 0.6 is 0 Å². The summed E-state index contributed by atoms with van der Waals surface area (Å²) in [6, 6.07) is 5.49. The Balaban J connectivity index is 1.67. The minimum absolute atomic E-state index is 0.165. The van der Waals surface area contributed by atoms with Crippen molar-refractivity contribution in [2.24, 2.45) is 0 Å². The zero-order valence-electron chi connectivity index (χ0n) is 14.9. The molecule has 1 aromatic carbocycles. The van der Waals surface area contributed by atoms with E-state index in [0.717, 1.165) is 26.2 Å². The van der Waals surface area contributed by atoms with Gasteiger partial charge in [-0.05, 0) is 45.0 Å². The fourth-order valence-corrected chi connectivity index (χ4v) is 2.95. The zero-order valence-corrected chi connectivity index (χ0v) is 14.9. The normalized spacial score (nSPS) is 16.1. The summed E-state index contributed by atoms with van der Waals surface area (Å²) >= 11 is 0. The molecule has 0 N–H and O–H groups in total. The molecule has 1 aromatic heterocycles. The number of anilines is 1. The predicted octanol–water partition coefficient (Wildman–Crippen LogP) is 2.77. The summed E-state index contributed by atoms with van der Waals surface area (Å²) in [4.78, 5) is 25.7. The third-order valence-electron chi connectivity index (χ3n) is 4.52. The Labute approximate surface area is 147 Å². The van der Waals surface area contributed by atoms with Gasteiger partial charge in [-0.1, -0.05) is 0 Å². The highest BCUT2D eigenvalue weighted by Gasteiger charge is 2.26. The molecule has 2 aromatic rings. The van der Waals surface area contributed by atoms with Gasteiger partial charge in [0, 0.05) is 49.7 Å². The number of nitrogens with zero attached hydrogens (tertiary/aromatic N) is 4. The van der Waals surface area contributed by atoms with Crippen LogP contribution < -0.4 is 4.90 Å². The predicted molar refractivity (Wildman–Crippen MR) is 95.4 cm³/mol. The van der Waals surface area contributed by atoms with Crippen molar-refractivity contribution < 1.29 is 9.18 Å². The van der Waals surface area contributed by atoms with Gasteiger partial charge in [0.15, 0.2) is 5.78 Å². The van der Waals surface area contributed by atoms with Crippen LogP contribution in [0.1, 0.15) is 36.7 Å². The quantitative estimate of drug-likeness (QED) is 0.803. The van der Waals surface area contributed by atoms with E-state index in [0.29, 0.717) is 17.1 Å². The maximum Gasteiger partial charge on any atom is 0.225 e. The number of aromatic nitrogens is 2. The average molecular weight is 342 g/mol. The molecule has 0 amide bonds. The van der Waals surface area contributed by atoms with Crippen LogP contribution in [-0.4, -0.2) is 52.4 Å². The van der Waals surface area contributed by atoms with Gasteiger partial charge in [0.25, 0.3) is 0 Å². The second-order valence-electron chi connectivity index (χ2n) is 7.25. The van der Waals surface area contributed by atoms with E-state index in [-0.39, 0.29) is 17.1 Å². The minimum atomic E-state index is -0.363. The van der Waals surface area contributed by atoms with Crippen molar-refractivity contribution in [1.82, 2.24) is 14.9 Å². The first-order valence-corrected chi connectivity index (χ1v) is 8.47. The maximum absolute atomic E-state index is 13.0. The molecule has 0 radical (unpaired) electrons. The van der Waals surface area contributed by atoms with Crippen molar-refractivity contribution in [2.45, 2.75) is 26.3 Å². The summed E-state index contributed by atoms with van der Waals surface area (Å²) < 4.78 is 13.0. The summed E-state index contributed by atoms with van der Waals surface area (Å²) in [6.07, 6.45) is 3.09. The Hall–Kier alpha value is -2.34. The number of carbonyl (C=O) groups excluding carboxylic acids is 1. The molecule has 1 aliphatic rings. The van der Waals surface area contributed by atoms with E-state index in [9.17, 15) is 9.18 Å². The first-order valence-electron chi connectivity index (χ1n) is 8.47. The van der Waals surface area contributed by atoms with Gasteiger partial charge in [-0.25, -0.2) is 14.4 Å². The molecule has 132 valence electrons. The van der Waals surface area contributed by atoms with Crippen molar-refractivity contribution in [3.63, 3.8) is 0 Å². The average Bonchev–Trinajstić information content (AvgIpc) is 2.61. The van der Waals surface area contributed by atoms with Crippen LogP contribution in [0.3, 0.4) is 0 Å². The molecule has 25 heavy (non-hydrogen) atoms. The molecule has 0 spiro atoms. The molecular formula is C19H23FN4O. The van der Waals surface area contributed by atoms with Crippen molar-refractivity contribution in [3.05, 3.63) is 53.6 Å². The highest BCUT2D eigenvalue weighted by atomic mass is 19.1. The molecule has 1 aliphatic heterocycles. The summed E-state index contributed by atoms with van der Waals surface area (Å²) in [6.45, 7) is 10.3. The smallest absolute Gasteiger partial charge is 0.225 e. The van der Waals surface area contributed by atoms with E-state index in [1.807, 2.05) is 0 Å². The molecule has 0 unspecified atom stereocenters. The fraction of sp³-hybridized carbons (Fsp3) is 0.421. The molecular weight excluding hydrogens is 319 g/mol. The SMILES string of the molecule is CC(C)(C)N1CCN(c2ncc(C(=O)c3ccc(F)cc3)cn2)CC1. The summed E-state index contributed by atoms with van der Waals surface area (Å²) in [7, 11) is 0.